The summed E-state index contributed by atoms with van der Waals surface area (Å²) in [5.41, 5.74) is 1.80. The van der Waals surface area contributed by atoms with Gasteiger partial charge >= 0.3 is 0 Å². The van der Waals surface area contributed by atoms with Gasteiger partial charge in [-0.3, -0.25) is 0 Å². The van der Waals surface area contributed by atoms with E-state index in [1.165, 1.54) is 6.08 Å². The first-order chi connectivity index (χ1) is 6.77. The van der Waals surface area contributed by atoms with Crippen LogP contribution in [0.5, 0.6) is 0 Å². The molecule has 0 unspecified atom stereocenters. The second-order valence-corrected chi connectivity index (χ2v) is 3.16. The Morgan fingerprint density at radius 3 is 2.64 bits per heavy atom. The standard InChI is InChI=1S/C11H11ClN2/c1-2-14-11(7-8-13)9-3-5-10(12)6-4-9/h3-7,14H,2H2,1H3/b11-7-. The molecule has 0 aliphatic heterocycles. The first kappa shape index (κ1) is 10.6. The normalized spacial score (nSPS) is 10.8. The van der Waals surface area contributed by atoms with Crippen molar-refractivity contribution in [2.75, 3.05) is 6.54 Å². The van der Waals surface area contributed by atoms with Crippen molar-refractivity contribution in [1.29, 1.82) is 5.26 Å². The van der Waals surface area contributed by atoms with Crippen molar-refractivity contribution in [3.63, 3.8) is 0 Å². The van der Waals surface area contributed by atoms with Crippen LogP contribution in [0.2, 0.25) is 5.02 Å². The lowest BCUT2D eigenvalue weighted by Crippen LogP contribution is -2.10. The van der Waals surface area contributed by atoms with Crippen LogP contribution >= 0.6 is 11.6 Å². The molecule has 0 spiro atoms. The average molecular weight is 207 g/mol. The van der Waals surface area contributed by atoms with Crippen molar-refractivity contribution < 1.29 is 0 Å². The molecule has 0 aliphatic carbocycles. The van der Waals surface area contributed by atoms with Crippen LogP contribution in [0.3, 0.4) is 0 Å². The van der Waals surface area contributed by atoms with E-state index in [-0.39, 0.29) is 0 Å². The van der Waals surface area contributed by atoms with Gasteiger partial charge in [-0.05, 0) is 24.6 Å². The number of rotatable bonds is 3. The fraction of sp³-hybridized carbons (Fsp3) is 0.182. The maximum absolute atomic E-state index is 8.59. The van der Waals surface area contributed by atoms with Gasteiger partial charge in [0.05, 0.1) is 11.8 Å². The summed E-state index contributed by atoms with van der Waals surface area (Å²) in [6.45, 7) is 2.78. The number of benzene rings is 1. The summed E-state index contributed by atoms with van der Waals surface area (Å²) in [5.74, 6) is 0. The third-order valence-corrected chi connectivity index (χ3v) is 1.98. The van der Waals surface area contributed by atoms with Crippen molar-refractivity contribution in [3.05, 3.63) is 40.9 Å². The third-order valence-electron chi connectivity index (χ3n) is 1.73. The Kier molecular flexibility index (Phi) is 4.03. The highest BCUT2D eigenvalue weighted by molar-refractivity contribution is 6.30. The largest absolute Gasteiger partial charge is 0.384 e. The van der Waals surface area contributed by atoms with Crippen LogP contribution < -0.4 is 5.32 Å². The molecule has 0 radical (unpaired) electrons. The highest BCUT2D eigenvalue weighted by Gasteiger charge is 1.98. The lowest BCUT2D eigenvalue weighted by atomic mass is 10.1. The molecule has 0 aromatic heterocycles. The second kappa shape index (κ2) is 5.31. The van der Waals surface area contributed by atoms with Crippen molar-refractivity contribution in [2.24, 2.45) is 0 Å². The van der Waals surface area contributed by atoms with Crippen LogP contribution in [0.4, 0.5) is 0 Å². The van der Waals surface area contributed by atoms with Crippen LogP contribution in [-0.2, 0) is 0 Å². The van der Waals surface area contributed by atoms with E-state index in [9.17, 15) is 0 Å². The van der Waals surface area contributed by atoms with Gasteiger partial charge in [-0.1, -0.05) is 23.7 Å². The van der Waals surface area contributed by atoms with Gasteiger partial charge in [-0.2, -0.15) is 5.26 Å². The van der Waals surface area contributed by atoms with Gasteiger partial charge in [-0.15, -0.1) is 0 Å². The lowest BCUT2D eigenvalue weighted by Gasteiger charge is -2.07. The molecule has 2 nitrogen and oxygen atoms in total. The van der Waals surface area contributed by atoms with Gasteiger partial charge in [0.25, 0.3) is 0 Å². The number of allylic oxidation sites excluding steroid dienone is 1. The molecule has 0 amide bonds. The van der Waals surface area contributed by atoms with Crippen LogP contribution in [-0.4, -0.2) is 6.54 Å². The van der Waals surface area contributed by atoms with Gasteiger partial charge in [0.1, 0.15) is 0 Å². The minimum atomic E-state index is 0.696. The van der Waals surface area contributed by atoms with Crippen molar-refractivity contribution in [3.8, 4) is 6.07 Å². The number of hydrogen-bond donors (Lipinski definition) is 1. The first-order valence-electron chi connectivity index (χ1n) is 4.37. The molecule has 0 fully saturated rings. The van der Waals surface area contributed by atoms with Crippen molar-refractivity contribution in [2.45, 2.75) is 6.92 Å². The minimum absolute atomic E-state index is 0.696. The van der Waals surface area contributed by atoms with E-state index < -0.39 is 0 Å². The summed E-state index contributed by atoms with van der Waals surface area (Å²) in [5, 5.41) is 12.4. The summed E-state index contributed by atoms with van der Waals surface area (Å²) < 4.78 is 0. The SMILES string of the molecule is CCN/C(=C\C#N)c1ccc(Cl)cc1. The molecular formula is C11H11ClN2. The highest BCUT2D eigenvalue weighted by Crippen LogP contribution is 2.15. The van der Waals surface area contributed by atoms with Gasteiger partial charge in [0.15, 0.2) is 0 Å². The monoisotopic (exact) mass is 206 g/mol. The van der Waals surface area contributed by atoms with E-state index in [2.05, 4.69) is 5.32 Å². The van der Waals surface area contributed by atoms with E-state index in [4.69, 9.17) is 16.9 Å². The second-order valence-electron chi connectivity index (χ2n) is 2.72. The van der Waals surface area contributed by atoms with Crippen molar-refractivity contribution >= 4 is 17.3 Å². The molecule has 1 aromatic carbocycles. The number of nitriles is 1. The average Bonchev–Trinajstić information content (AvgIpc) is 2.19. The Balaban J connectivity index is 2.95. The van der Waals surface area contributed by atoms with Gasteiger partial charge < -0.3 is 5.32 Å². The topological polar surface area (TPSA) is 35.8 Å². The van der Waals surface area contributed by atoms with Crippen molar-refractivity contribution in [1.82, 2.24) is 5.32 Å². The van der Waals surface area contributed by atoms with Crippen LogP contribution in [0.1, 0.15) is 12.5 Å². The highest BCUT2D eigenvalue weighted by atomic mass is 35.5. The van der Waals surface area contributed by atoms with E-state index >= 15 is 0 Å². The maximum atomic E-state index is 8.59. The first-order valence-corrected chi connectivity index (χ1v) is 4.75. The molecule has 1 rings (SSSR count). The van der Waals surface area contributed by atoms with E-state index in [0.29, 0.717) is 5.02 Å². The van der Waals surface area contributed by atoms with E-state index in [0.717, 1.165) is 17.8 Å². The van der Waals surface area contributed by atoms with Gasteiger partial charge in [0.2, 0.25) is 0 Å². The van der Waals surface area contributed by atoms with Gasteiger partial charge in [-0.25, -0.2) is 0 Å². The summed E-state index contributed by atoms with van der Waals surface area (Å²) in [4.78, 5) is 0. The summed E-state index contributed by atoms with van der Waals surface area (Å²) in [7, 11) is 0. The molecule has 0 heterocycles. The molecule has 1 aromatic rings. The zero-order chi connectivity index (χ0) is 10.4. The number of halogens is 1. The molecule has 0 bridgehead atoms. The summed E-state index contributed by atoms with van der Waals surface area (Å²) in [6.07, 6.45) is 1.49. The Morgan fingerprint density at radius 1 is 1.50 bits per heavy atom. The summed E-state index contributed by atoms with van der Waals surface area (Å²) >= 11 is 5.77. The van der Waals surface area contributed by atoms with E-state index in [1.54, 1.807) is 12.1 Å². The molecular weight excluding hydrogens is 196 g/mol. The number of nitrogens with one attached hydrogen (secondary N) is 1. The maximum Gasteiger partial charge on any atom is 0.0933 e. The molecule has 14 heavy (non-hydrogen) atoms. The molecule has 0 saturated heterocycles. The minimum Gasteiger partial charge on any atom is -0.384 e. The molecule has 0 saturated carbocycles. The van der Waals surface area contributed by atoms with E-state index in [1.807, 2.05) is 25.1 Å². The predicted molar refractivity (Wildman–Crippen MR) is 58.7 cm³/mol. The Hall–Kier alpha value is -1.46. The molecule has 0 atom stereocenters. The third kappa shape index (κ3) is 2.79. The number of hydrogen-bond acceptors (Lipinski definition) is 2. The number of nitrogens with zero attached hydrogens (tertiary/aromatic N) is 1. The van der Waals surface area contributed by atoms with Crippen LogP contribution in [0.15, 0.2) is 30.3 Å². The smallest absolute Gasteiger partial charge is 0.0933 e. The quantitative estimate of drug-likeness (QED) is 0.772. The van der Waals surface area contributed by atoms with Gasteiger partial charge in [0, 0.05) is 17.6 Å². The predicted octanol–water partition coefficient (Wildman–Crippen LogP) is 2.81. The Labute approximate surface area is 88.8 Å². The zero-order valence-corrected chi connectivity index (χ0v) is 8.67. The van der Waals surface area contributed by atoms with Crippen LogP contribution in [0, 0.1) is 11.3 Å². The Bertz CT molecular complexity index is 360. The fourth-order valence-corrected chi connectivity index (χ4v) is 1.25. The molecule has 3 heteroatoms. The summed E-state index contributed by atoms with van der Waals surface area (Å²) in [6, 6.07) is 9.38. The molecule has 1 N–H and O–H groups in total. The Morgan fingerprint density at radius 2 is 2.14 bits per heavy atom. The van der Waals surface area contributed by atoms with Crippen LogP contribution in [0.25, 0.3) is 5.70 Å². The molecule has 0 aliphatic rings. The fourth-order valence-electron chi connectivity index (χ4n) is 1.12. The lowest BCUT2D eigenvalue weighted by molar-refractivity contribution is 0.940. The molecule has 72 valence electrons. The zero-order valence-electron chi connectivity index (χ0n) is 7.92.